The summed E-state index contributed by atoms with van der Waals surface area (Å²) in [6.07, 6.45) is 4.18. The molecule has 1 fully saturated rings. The molecule has 3 rings (SSSR count). The summed E-state index contributed by atoms with van der Waals surface area (Å²) in [5.74, 6) is 1.71. The molecule has 0 radical (unpaired) electrons. The summed E-state index contributed by atoms with van der Waals surface area (Å²) in [7, 11) is 0. The van der Waals surface area contributed by atoms with Gasteiger partial charge in [-0.05, 0) is 43.2 Å². The molecule has 1 N–H and O–H groups in total. The number of rotatable bonds is 3. The van der Waals surface area contributed by atoms with Crippen molar-refractivity contribution in [2.75, 3.05) is 18.5 Å². The number of aromatic nitrogens is 1. The smallest absolute Gasteiger partial charge is 0.134 e. The number of hydrogen-bond acceptors (Lipinski definition) is 4. The number of hydrogen-bond donors (Lipinski definition) is 1. The second-order valence-electron chi connectivity index (χ2n) is 4.87. The molecule has 1 aliphatic heterocycles. The van der Waals surface area contributed by atoms with Crippen molar-refractivity contribution in [3.63, 3.8) is 0 Å². The molecule has 0 bridgehead atoms. The summed E-state index contributed by atoms with van der Waals surface area (Å²) in [5, 5.41) is 6.94. The molecule has 96 valence electrons. The number of ether oxygens (including phenoxy) is 1. The van der Waals surface area contributed by atoms with Gasteiger partial charge >= 0.3 is 0 Å². The standard InChI is InChI=1S/C14H18N2OS/c1-10(11-3-7-17-8-4-11)16-14-12-5-9-18-13(12)2-6-15-14/h2,5-6,9-11H,3-4,7-8H2,1H3,(H,15,16). The van der Waals surface area contributed by atoms with Crippen LogP contribution >= 0.6 is 11.3 Å². The van der Waals surface area contributed by atoms with Gasteiger partial charge in [-0.1, -0.05) is 0 Å². The molecule has 4 heteroatoms. The number of anilines is 1. The molecule has 2 aromatic heterocycles. The zero-order valence-electron chi connectivity index (χ0n) is 10.6. The van der Waals surface area contributed by atoms with Crippen LogP contribution in [0.15, 0.2) is 23.7 Å². The number of pyridine rings is 1. The van der Waals surface area contributed by atoms with Crippen LogP contribution < -0.4 is 5.32 Å². The molecule has 2 aromatic rings. The summed E-state index contributed by atoms with van der Waals surface area (Å²) in [5.41, 5.74) is 0. The highest BCUT2D eigenvalue weighted by Gasteiger charge is 2.21. The molecule has 0 aromatic carbocycles. The van der Waals surface area contributed by atoms with Crippen LogP contribution in [-0.2, 0) is 4.74 Å². The van der Waals surface area contributed by atoms with Gasteiger partial charge in [-0.2, -0.15) is 0 Å². The summed E-state index contributed by atoms with van der Waals surface area (Å²) in [6, 6.07) is 4.67. The lowest BCUT2D eigenvalue weighted by Gasteiger charge is -2.28. The van der Waals surface area contributed by atoms with Gasteiger partial charge in [0.05, 0.1) is 0 Å². The lowest BCUT2D eigenvalue weighted by molar-refractivity contribution is 0.0622. The molecule has 1 saturated heterocycles. The van der Waals surface area contributed by atoms with E-state index in [0.717, 1.165) is 31.9 Å². The summed E-state index contributed by atoms with van der Waals surface area (Å²) in [6.45, 7) is 4.04. The van der Waals surface area contributed by atoms with Crippen molar-refractivity contribution in [2.45, 2.75) is 25.8 Å². The minimum absolute atomic E-state index is 0.451. The molecule has 0 aliphatic carbocycles. The third-order valence-electron chi connectivity index (χ3n) is 3.72. The van der Waals surface area contributed by atoms with Gasteiger partial charge in [0.25, 0.3) is 0 Å². The van der Waals surface area contributed by atoms with E-state index in [0.29, 0.717) is 12.0 Å². The predicted molar refractivity (Wildman–Crippen MR) is 76.2 cm³/mol. The lowest BCUT2D eigenvalue weighted by Crippen LogP contribution is -2.31. The van der Waals surface area contributed by atoms with Crippen molar-refractivity contribution in [3.05, 3.63) is 23.7 Å². The molecular formula is C14H18N2OS. The lowest BCUT2D eigenvalue weighted by atomic mass is 9.93. The van der Waals surface area contributed by atoms with E-state index in [1.54, 1.807) is 11.3 Å². The van der Waals surface area contributed by atoms with E-state index < -0.39 is 0 Å². The number of nitrogens with zero attached hydrogens (tertiary/aromatic N) is 1. The van der Waals surface area contributed by atoms with Crippen molar-refractivity contribution in [1.82, 2.24) is 4.98 Å². The van der Waals surface area contributed by atoms with E-state index in [4.69, 9.17) is 4.74 Å². The van der Waals surface area contributed by atoms with Gasteiger partial charge in [0.1, 0.15) is 5.82 Å². The van der Waals surface area contributed by atoms with Crippen LogP contribution in [0.4, 0.5) is 5.82 Å². The first-order valence-electron chi connectivity index (χ1n) is 6.51. The van der Waals surface area contributed by atoms with Gasteiger partial charge < -0.3 is 10.1 Å². The van der Waals surface area contributed by atoms with E-state index in [1.165, 1.54) is 10.1 Å². The van der Waals surface area contributed by atoms with E-state index in [1.807, 2.05) is 6.20 Å². The maximum atomic E-state index is 5.42. The van der Waals surface area contributed by atoms with Gasteiger partial charge in [0.15, 0.2) is 0 Å². The zero-order valence-corrected chi connectivity index (χ0v) is 11.4. The number of nitrogens with one attached hydrogen (secondary N) is 1. The summed E-state index contributed by atoms with van der Waals surface area (Å²) in [4.78, 5) is 4.48. The fraction of sp³-hybridized carbons (Fsp3) is 0.500. The predicted octanol–water partition coefficient (Wildman–Crippen LogP) is 3.52. The third kappa shape index (κ3) is 2.35. The highest BCUT2D eigenvalue weighted by atomic mass is 32.1. The van der Waals surface area contributed by atoms with Crippen LogP contribution in [0.2, 0.25) is 0 Å². The van der Waals surface area contributed by atoms with Crippen molar-refractivity contribution >= 4 is 27.2 Å². The van der Waals surface area contributed by atoms with Crippen molar-refractivity contribution < 1.29 is 4.74 Å². The van der Waals surface area contributed by atoms with Crippen LogP contribution in [0.1, 0.15) is 19.8 Å². The fourth-order valence-electron chi connectivity index (χ4n) is 2.56. The maximum absolute atomic E-state index is 5.42. The first-order valence-corrected chi connectivity index (χ1v) is 7.39. The first-order chi connectivity index (χ1) is 8.84. The van der Waals surface area contributed by atoms with Crippen molar-refractivity contribution in [3.8, 4) is 0 Å². The van der Waals surface area contributed by atoms with E-state index in [2.05, 4.69) is 34.7 Å². The quantitative estimate of drug-likeness (QED) is 0.919. The Morgan fingerprint density at radius 1 is 1.39 bits per heavy atom. The first kappa shape index (κ1) is 11.9. The molecule has 1 unspecified atom stereocenters. The SMILES string of the molecule is CC(Nc1nccc2sccc12)C1CCOCC1. The van der Waals surface area contributed by atoms with Crippen molar-refractivity contribution in [2.24, 2.45) is 5.92 Å². The molecule has 1 aliphatic rings. The van der Waals surface area contributed by atoms with E-state index in [9.17, 15) is 0 Å². The van der Waals surface area contributed by atoms with Gasteiger partial charge in [-0.3, -0.25) is 0 Å². The Bertz CT molecular complexity index is 519. The van der Waals surface area contributed by atoms with Gasteiger partial charge in [0, 0.05) is 35.5 Å². The molecule has 18 heavy (non-hydrogen) atoms. The average molecular weight is 262 g/mol. The Balaban J connectivity index is 1.77. The molecular weight excluding hydrogens is 244 g/mol. The van der Waals surface area contributed by atoms with Crippen molar-refractivity contribution in [1.29, 1.82) is 0 Å². The van der Waals surface area contributed by atoms with E-state index >= 15 is 0 Å². The normalized spacial score (nSPS) is 18.9. The fourth-order valence-corrected chi connectivity index (χ4v) is 3.34. The average Bonchev–Trinajstić information content (AvgIpc) is 2.89. The third-order valence-corrected chi connectivity index (χ3v) is 4.60. The number of fused-ring (bicyclic) bond motifs is 1. The van der Waals surface area contributed by atoms with Gasteiger partial charge in [-0.25, -0.2) is 4.98 Å². The Hall–Kier alpha value is -1.13. The van der Waals surface area contributed by atoms with E-state index in [-0.39, 0.29) is 0 Å². The summed E-state index contributed by atoms with van der Waals surface area (Å²) >= 11 is 1.76. The molecule has 1 atom stereocenters. The highest BCUT2D eigenvalue weighted by Crippen LogP contribution is 2.28. The van der Waals surface area contributed by atoms with Crippen LogP contribution in [0, 0.1) is 5.92 Å². The van der Waals surface area contributed by atoms with Crippen LogP contribution in [0.3, 0.4) is 0 Å². The second kappa shape index (κ2) is 5.24. The molecule has 3 heterocycles. The summed E-state index contributed by atoms with van der Waals surface area (Å²) < 4.78 is 6.71. The monoisotopic (exact) mass is 262 g/mol. The molecule has 0 spiro atoms. The Kier molecular flexibility index (Phi) is 3.48. The number of thiophene rings is 1. The molecule has 3 nitrogen and oxygen atoms in total. The minimum atomic E-state index is 0.451. The Labute approximate surface area is 111 Å². The van der Waals surface area contributed by atoms with Crippen LogP contribution in [0.5, 0.6) is 0 Å². The topological polar surface area (TPSA) is 34.2 Å². The highest BCUT2D eigenvalue weighted by molar-refractivity contribution is 7.17. The Morgan fingerprint density at radius 3 is 3.06 bits per heavy atom. The largest absolute Gasteiger partial charge is 0.381 e. The molecule has 0 saturated carbocycles. The molecule has 0 amide bonds. The van der Waals surface area contributed by atoms with Gasteiger partial charge in [0.2, 0.25) is 0 Å². The van der Waals surface area contributed by atoms with Crippen LogP contribution in [-0.4, -0.2) is 24.2 Å². The van der Waals surface area contributed by atoms with Crippen LogP contribution in [0.25, 0.3) is 10.1 Å². The maximum Gasteiger partial charge on any atom is 0.134 e. The zero-order chi connectivity index (χ0) is 12.4. The Morgan fingerprint density at radius 2 is 2.22 bits per heavy atom. The minimum Gasteiger partial charge on any atom is -0.381 e. The second-order valence-corrected chi connectivity index (χ2v) is 5.82. The van der Waals surface area contributed by atoms with Gasteiger partial charge in [-0.15, -0.1) is 11.3 Å².